The Balaban J connectivity index is 2.38. The van der Waals surface area contributed by atoms with Crippen molar-refractivity contribution < 1.29 is 14.3 Å². The van der Waals surface area contributed by atoms with E-state index in [1.54, 1.807) is 26.8 Å². The van der Waals surface area contributed by atoms with Gasteiger partial charge in [-0.05, 0) is 32.4 Å². The Hall–Kier alpha value is -2.40. The molecule has 5 heteroatoms. The van der Waals surface area contributed by atoms with Gasteiger partial charge in [-0.15, -0.1) is 11.3 Å². The Morgan fingerprint density at radius 1 is 1.28 bits per heavy atom. The first-order valence-electron chi connectivity index (χ1n) is 8.28. The Morgan fingerprint density at radius 3 is 2.56 bits per heavy atom. The molecule has 0 saturated carbocycles. The van der Waals surface area contributed by atoms with Crippen molar-refractivity contribution in [2.24, 2.45) is 0 Å². The zero-order chi connectivity index (χ0) is 18.4. The molecule has 4 nitrogen and oxygen atoms in total. The van der Waals surface area contributed by atoms with Gasteiger partial charge in [-0.2, -0.15) is 0 Å². The standard InChI is InChI=1S/C20H23NO3S/c1-5-13(3)18(22)21-19-16(20(23)24-6-2)12-17(25-19)14(4)15-10-8-7-9-11-15/h5,7-12,14H,6H2,1-4H3,(H,21,22)/b13-5+/t14-/m1/s1. The van der Waals surface area contributed by atoms with Gasteiger partial charge >= 0.3 is 5.97 Å². The fraction of sp³-hybridized carbons (Fsp3) is 0.300. The minimum Gasteiger partial charge on any atom is -0.462 e. The van der Waals surface area contributed by atoms with Crippen LogP contribution in [-0.4, -0.2) is 18.5 Å². The van der Waals surface area contributed by atoms with Crippen LogP contribution in [0.2, 0.25) is 0 Å². The molecule has 0 fully saturated rings. The summed E-state index contributed by atoms with van der Waals surface area (Å²) in [5, 5.41) is 3.37. The molecule has 1 aromatic carbocycles. The van der Waals surface area contributed by atoms with Gasteiger partial charge in [-0.25, -0.2) is 4.79 Å². The van der Waals surface area contributed by atoms with Crippen molar-refractivity contribution in [1.82, 2.24) is 0 Å². The summed E-state index contributed by atoms with van der Waals surface area (Å²) in [5.41, 5.74) is 2.16. The molecule has 0 aliphatic heterocycles. The summed E-state index contributed by atoms with van der Waals surface area (Å²) in [5.74, 6) is -0.514. The lowest BCUT2D eigenvalue weighted by molar-refractivity contribution is -0.112. The largest absolute Gasteiger partial charge is 0.462 e. The molecule has 1 atom stereocenters. The number of thiophene rings is 1. The van der Waals surface area contributed by atoms with E-state index in [1.807, 2.05) is 24.3 Å². The topological polar surface area (TPSA) is 55.4 Å². The number of anilines is 1. The highest BCUT2D eigenvalue weighted by atomic mass is 32.1. The number of hydrogen-bond donors (Lipinski definition) is 1. The van der Waals surface area contributed by atoms with Crippen molar-refractivity contribution in [1.29, 1.82) is 0 Å². The molecular weight excluding hydrogens is 334 g/mol. The molecule has 132 valence electrons. The summed E-state index contributed by atoms with van der Waals surface area (Å²) in [7, 11) is 0. The van der Waals surface area contributed by atoms with E-state index < -0.39 is 5.97 Å². The molecule has 1 heterocycles. The number of carbonyl (C=O) groups excluding carboxylic acids is 2. The molecule has 0 spiro atoms. The molecule has 0 bridgehead atoms. The molecule has 0 aliphatic carbocycles. The maximum absolute atomic E-state index is 12.3. The average molecular weight is 357 g/mol. The van der Waals surface area contributed by atoms with Gasteiger partial charge < -0.3 is 10.1 Å². The van der Waals surface area contributed by atoms with Crippen LogP contribution in [0.5, 0.6) is 0 Å². The number of esters is 1. The van der Waals surface area contributed by atoms with E-state index >= 15 is 0 Å². The number of allylic oxidation sites excluding steroid dienone is 1. The Kier molecular flexibility index (Phi) is 6.53. The first kappa shape index (κ1) is 18.9. The van der Waals surface area contributed by atoms with Crippen LogP contribution in [0.3, 0.4) is 0 Å². The SMILES string of the molecule is C/C=C(\C)C(=O)Nc1sc([C@H](C)c2ccccc2)cc1C(=O)OCC. The van der Waals surface area contributed by atoms with Gasteiger partial charge in [0.15, 0.2) is 0 Å². The summed E-state index contributed by atoms with van der Waals surface area (Å²) in [6.45, 7) is 7.68. The third-order valence-electron chi connectivity index (χ3n) is 3.99. The van der Waals surface area contributed by atoms with Crippen LogP contribution >= 0.6 is 11.3 Å². The van der Waals surface area contributed by atoms with Gasteiger partial charge in [-0.1, -0.05) is 43.3 Å². The van der Waals surface area contributed by atoms with Gasteiger partial charge in [0.1, 0.15) is 5.00 Å². The van der Waals surface area contributed by atoms with Gasteiger partial charge in [-0.3, -0.25) is 4.79 Å². The highest BCUT2D eigenvalue weighted by molar-refractivity contribution is 7.16. The predicted molar refractivity (Wildman–Crippen MR) is 102 cm³/mol. The zero-order valence-corrected chi connectivity index (χ0v) is 15.8. The van der Waals surface area contributed by atoms with Gasteiger partial charge in [0.05, 0.1) is 12.2 Å². The molecule has 25 heavy (non-hydrogen) atoms. The fourth-order valence-corrected chi connectivity index (χ4v) is 3.44. The number of carbonyl (C=O) groups is 2. The van der Waals surface area contributed by atoms with E-state index in [4.69, 9.17) is 4.74 Å². The Labute approximate surface area is 152 Å². The normalized spacial score (nSPS) is 12.6. The summed E-state index contributed by atoms with van der Waals surface area (Å²) in [6.07, 6.45) is 1.74. The third-order valence-corrected chi connectivity index (χ3v) is 5.22. The molecule has 0 unspecified atom stereocenters. The lowest BCUT2D eigenvalue weighted by atomic mass is 9.99. The van der Waals surface area contributed by atoms with Crippen LogP contribution in [0.4, 0.5) is 5.00 Å². The second-order valence-electron chi connectivity index (χ2n) is 5.67. The number of ether oxygens (including phenoxy) is 1. The van der Waals surface area contributed by atoms with Crippen molar-refractivity contribution in [3.8, 4) is 0 Å². The number of amides is 1. The van der Waals surface area contributed by atoms with E-state index in [0.717, 1.165) is 10.4 Å². The van der Waals surface area contributed by atoms with Gasteiger partial charge in [0, 0.05) is 16.4 Å². The second-order valence-corrected chi connectivity index (χ2v) is 6.75. The maximum Gasteiger partial charge on any atom is 0.341 e. The first-order valence-corrected chi connectivity index (χ1v) is 9.09. The van der Waals surface area contributed by atoms with Crippen LogP contribution in [0.15, 0.2) is 48.0 Å². The number of hydrogen-bond acceptors (Lipinski definition) is 4. The molecule has 0 aliphatic rings. The summed E-state index contributed by atoms with van der Waals surface area (Å²) >= 11 is 1.41. The van der Waals surface area contributed by atoms with Crippen molar-refractivity contribution in [2.75, 3.05) is 11.9 Å². The maximum atomic E-state index is 12.3. The third kappa shape index (κ3) is 4.57. The molecule has 1 amide bonds. The first-order chi connectivity index (χ1) is 12.0. The molecule has 1 N–H and O–H groups in total. The van der Waals surface area contributed by atoms with Crippen molar-refractivity contribution >= 4 is 28.2 Å². The molecule has 0 saturated heterocycles. The molecule has 0 radical (unpaired) electrons. The van der Waals surface area contributed by atoms with E-state index in [0.29, 0.717) is 22.7 Å². The van der Waals surface area contributed by atoms with Gasteiger partial charge in [0.2, 0.25) is 0 Å². The second kappa shape index (κ2) is 8.62. The summed E-state index contributed by atoms with van der Waals surface area (Å²) in [6, 6.07) is 11.9. The van der Waals surface area contributed by atoms with Gasteiger partial charge in [0.25, 0.3) is 5.91 Å². The molecule has 2 aromatic rings. The van der Waals surface area contributed by atoms with Crippen LogP contribution < -0.4 is 5.32 Å². The zero-order valence-electron chi connectivity index (χ0n) is 15.0. The van der Waals surface area contributed by atoms with E-state index in [-0.39, 0.29) is 11.8 Å². The van der Waals surface area contributed by atoms with Crippen LogP contribution in [0.25, 0.3) is 0 Å². The number of nitrogens with one attached hydrogen (secondary N) is 1. The van der Waals surface area contributed by atoms with Crippen molar-refractivity contribution in [2.45, 2.75) is 33.6 Å². The summed E-state index contributed by atoms with van der Waals surface area (Å²) < 4.78 is 5.14. The number of rotatable bonds is 6. The number of benzene rings is 1. The van der Waals surface area contributed by atoms with Crippen LogP contribution in [-0.2, 0) is 9.53 Å². The van der Waals surface area contributed by atoms with Crippen LogP contribution in [0.1, 0.15) is 54.4 Å². The Morgan fingerprint density at radius 2 is 1.96 bits per heavy atom. The van der Waals surface area contributed by atoms with E-state index in [9.17, 15) is 9.59 Å². The van der Waals surface area contributed by atoms with Crippen molar-refractivity contribution in [3.05, 3.63) is 64.1 Å². The lowest BCUT2D eigenvalue weighted by Gasteiger charge is -2.09. The van der Waals surface area contributed by atoms with Crippen molar-refractivity contribution in [3.63, 3.8) is 0 Å². The average Bonchev–Trinajstić information content (AvgIpc) is 3.05. The Bertz CT molecular complexity index is 777. The highest BCUT2D eigenvalue weighted by Crippen LogP contribution is 2.36. The minimum absolute atomic E-state index is 0.118. The fourth-order valence-electron chi connectivity index (χ4n) is 2.32. The van der Waals surface area contributed by atoms with E-state index in [2.05, 4.69) is 24.4 Å². The monoisotopic (exact) mass is 357 g/mol. The molecule has 2 rings (SSSR count). The van der Waals surface area contributed by atoms with Crippen LogP contribution in [0, 0.1) is 0 Å². The predicted octanol–water partition coefficient (Wildman–Crippen LogP) is 4.98. The lowest BCUT2D eigenvalue weighted by Crippen LogP contribution is -2.14. The summed E-state index contributed by atoms with van der Waals surface area (Å²) in [4.78, 5) is 25.5. The quantitative estimate of drug-likeness (QED) is 0.586. The molecular formula is C20H23NO3S. The highest BCUT2D eigenvalue weighted by Gasteiger charge is 2.22. The molecule has 1 aromatic heterocycles. The van der Waals surface area contributed by atoms with E-state index in [1.165, 1.54) is 11.3 Å². The minimum atomic E-state index is -0.418. The smallest absolute Gasteiger partial charge is 0.341 e.